The van der Waals surface area contributed by atoms with Gasteiger partial charge in [-0.15, -0.1) is 0 Å². The quantitative estimate of drug-likeness (QED) is 0.748. The molecular formula is C18H17N5O2. The van der Waals surface area contributed by atoms with Crippen molar-refractivity contribution in [2.45, 2.75) is 18.8 Å². The van der Waals surface area contributed by atoms with E-state index in [2.05, 4.69) is 20.4 Å². The molecule has 0 aliphatic heterocycles. The summed E-state index contributed by atoms with van der Waals surface area (Å²) in [5.74, 6) is 1.82. The van der Waals surface area contributed by atoms with Gasteiger partial charge in [-0.25, -0.2) is 9.97 Å². The molecule has 0 saturated heterocycles. The summed E-state index contributed by atoms with van der Waals surface area (Å²) in [7, 11) is 0. The number of hydrogen-bond donors (Lipinski definition) is 1. The molecule has 7 heteroatoms. The number of ether oxygens (including phenoxy) is 1. The predicted molar refractivity (Wildman–Crippen MR) is 91.7 cm³/mol. The molecule has 25 heavy (non-hydrogen) atoms. The van der Waals surface area contributed by atoms with Crippen molar-refractivity contribution in [3.05, 3.63) is 60.6 Å². The topological polar surface area (TPSA) is 81.9 Å². The van der Waals surface area contributed by atoms with E-state index in [1.807, 2.05) is 24.3 Å². The van der Waals surface area contributed by atoms with Crippen molar-refractivity contribution in [3.63, 3.8) is 0 Å². The molecule has 0 atom stereocenters. The van der Waals surface area contributed by atoms with E-state index in [1.54, 1.807) is 35.3 Å². The molecule has 2 heterocycles. The minimum atomic E-state index is -0.261. The third-order valence-corrected chi connectivity index (χ3v) is 3.85. The Kier molecular flexibility index (Phi) is 4.12. The van der Waals surface area contributed by atoms with Gasteiger partial charge >= 0.3 is 0 Å². The lowest BCUT2D eigenvalue weighted by Gasteiger charge is -2.08. The molecule has 1 aliphatic carbocycles. The normalized spacial score (nSPS) is 13.4. The second kappa shape index (κ2) is 6.72. The van der Waals surface area contributed by atoms with Crippen molar-refractivity contribution >= 4 is 11.7 Å². The summed E-state index contributed by atoms with van der Waals surface area (Å²) in [5.41, 5.74) is 0.951. The predicted octanol–water partition coefficient (Wildman–Crippen LogP) is 2.56. The fourth-order valence-corrected chi connectivity index (χ4v) is 2.46. The van der Waals surface area contributed by atoms with Gasteiger partial charge in [-0.05, 0) is 31.0 Å². The Balaban J connectivity index is 1.50. The van der Waals surface area contributed by atoms with Gasteiger partial charge in [0.15, 0.2) is 6.61 Å². The van der Waals surface area contributed by atoms with Crippen LogP contribution in [-0.4, -0.2) is 32.3 Å². The molecule has 1 aliphatic rings. The van der Waals surface area contributed by atoms with Crippen LogP contribution in [0.2, 0.25) is 0 Å². The first-order valence-corrected chi connectivity index (χ1v) is 8.14. The third kappa shape index (κ3) is 3.65. The van der Waals surface area contributed by atoms with Crippen LogP contribution in [0.4, 0.5) is 5.82 Å². The van der Waals surface area contributed by atoms with Crippen LogP contribution in [0.5, 0.6) is 5.75 Å². The zero-order valence-corrected chi connectivity index (χ0v) is 13.5. The maximum absolute atomic E-state index is 12.2. The Hall–Kier alpha value is -3.22. The number of amides is 1. The molecule has 4 rings (SSSR count). The first-order chi connectivity index (χ1) is 12.3. The molecule has 7 nitrogen and oxygen atoms in total. The van der Waals surface area contributed by atoms with Crippen molar-refractivity contribution in [1.29, 1.82) is 0 Å². The Labute approximate surface area is 144 Å². The molecule has 0 bridgehead atoms. The largest absolute Gasteiger partial charge is 0.484 e. The van der Waals surface area contributed by atoms with E-state index in [0.29, 0.717) is 23.4 Å². The molecule has 0 spiro atoms. The molecule has 3 aromatic rings. The van der Waals surface area contributed by atoms with Gasteiger partial charge in [-0.3, -0.25) is 4.79 Å². The van der Waals surface area contributed by atoms with Crippen LogP contribution < -0.4 is 10.1 Å². The number of nitrogens with one attached hydrogen (secondary N) is 1. The van der Waals surface area contributed by atoms with Gasteiger partial charge in [0, 0.05) is 24.4 Å². The van der Waals surface area contributed by atoms with Crippen LogP contribution in [0.15, 0.2) is 54.9 Å². The Morgan fingerprint density at radius 2 is 1.92 bits per heavy atom. The highest BCUT2D eigenvalue weighted by atomic mass is 16.5. The second-order valence-electron chi connectivity index (χ2n) is 5.84. The van der Waals surface area contributed by atoms with E-state index < -0.39 is 0 Å². The van der Waals surface area contributed by atoms with Crippen molar-refractivity contribution in [3.8, 4) is 11.7 Å². The van der Waals surface area contributed by atoms with E-state index in [4.69, 9.17) is 4.74 Å². The van der Waals surface area contributed by atoms with Crippen LogP contribution >= 0.6 is 0 Å². The first-order valence-electron chi connectivity index (χ1n) is 8.14. The maximum Gasteiger partial charge on any atom is 0.263 e. The number of aromatic nitrogens is 4. The van der Waals surface area contributed by atoms with Gasteiger partial charge < -0.3 is 10.1 Å². The summed E-state index contributed by atoms with van der Waals surface area (Å²) >= 11 is 0. The first kappa shape index (κ1) is 15.3. The third-order valence-electron chi connectivity index (χ3n) is 3.85. The average molecular weight is 335 g/mol. The minimum Gasteiger partial charge on any atom is -0.484 e. The summed E-state index contributed by atoms with van der Waals surface area (Å²) in [6.45, 7) is -0.0798. The highest BCUT2D eigenvalue weighted by Gasteiger charge is 2.28. The van der Waals surface area contributed by atoms with Crippen LogP contribution in [0.3, 0.4) is 0 Å². The molecule has 1 aromatic carbocycles. The average Bonchev–Trinajstić information content (AvgIpc) is 3.43. The summed E-state index contributed by atoms with van der Waals surface area (Å²) in [5, 5.41) is 7.39. The Morgan fingerprint density at radius 1 is 1.16 bits per heavy atom. The molecule has 1 fully saturated rings. The molecule has 126 valence electrons. The molecule has 1 amide bonds. The van der Waals surface area contributed by atoms with Gasteiger partial charge in [-0.1, -0.05) is 18.2 Å². The summed E-state index contributed by atoms with van der Waals surface area (Å²) < 4.78 is 7.04. The zero-order valence-electron chi connectivity index (χ0n) is 13.5. The van der Waals surface area contributed by atoms with E-state index in [9.17, 15) is 4.79 Å². The Morgan fingerprint density at radius 3 is 2.64 bits per heavy atom. The van der Waals surface area contributed by atoms with Gasteiger partial charge in [0.05, 0.1) is 5.69 Å². The summed E-state index contributed by atoms with van der Waals surface area (Å²) in [6.07, 6.45) is 5.53. The fraction of sp³-hybridized carbons (Fsp3) is 0.222. The van der Waals surface area contributed by atoms with E-state index in [-0.39, 0.29) is 12.5 Å². The SMILES string of the molecule is O=C(COc1ccccc1)Nc1cc(C2CC2)nn1-c1ncccn1. The lowest BCUT2D eigenvalue weighted by Crippen LogP contribution is -2.22. The molecule has 0 unspecified atom stereocenters. The summed E-state index contributed by atoms with van der Waals surface area (Å²) in [6, 6.07) is 12.8. The summed E-state index contributed by atoms with van der Waals surface area (Å²) in [4.78, 5) is 20.7. The van der Waals surface area contributed by atoms with Gasteiger partial charge in [0.2, 0.25) is 0 Å². The zero-order chi connectivity index (χ0) is 17.1. The number of nitrogens with zero attached hydrogens (tertiary/aromatic N) is 4. The number of para-hydroxylation sites is 1. The van der Waals surface area contributed by atoms with Crippen LogP contribution in [-0.2, 0) is 4.79 Å². The highest BCUT2D eigenvalue weighted by molar-refractivity contribution is 5.91. The van der Waals surface area contributed by atoms with E-state index in [1.165, 1.54) is 0 Å². The Bertz CT molecular complexity index is 860. The molecule has 2 aromatic heterocycles. The smallest absolute Gasteiger partial charge is 0.263 e. The molecule has 0 radical (unpaired) electrons. The van der Waals surface area contributed by atoms with Crippen LogP contribution in [0.1, 0.15) is 24.5 Å². The lowest BCUT2D eigenvalue weighted by molar-refractivity contribution is -0.118. The standard InChI is InChI=1S/C18H17N5O2/c24-17(12-25-14-5-2-1-3-6-14)21-16-11-15(13-7-8-13)22-23(16)18-19-9-4-10-20-18/h1-6,9-11,13H,7-8,12H2,(H,21,24). The molecule has 1 N–H and O–H groups in total. The van der Waals surface area contributed by atoms with Gasteiger partial charge in [0.25, 0.3) is 11.9 Å². The van der Waals surface area contributed by atoms with Crippen molar-refractivity contribution in [1.82, 2.24) is 19.7 Å². The maximum atomic E-state index is 12.2. The lowest BCUT2D eigenvalue weighted by atomic mass is 10.3. The fourth-order valence-electron chi connectivity index (χ4n) is 2.46. The van der Waals surface area contributed by atoms with Gasteiger partial charge in [-0.2, -0.15) is 9.78 Å². The molecule has 1 saturated carbocycles. The number of hydrogen-bond acceptors (Lipinski definition) is 5. The van der Waals surface area contributed by atoms with Crippen LogP contribution in [0, 0.1) is 0 Å². The van der Waals surface area contributed by atoms with Crippen molar-refractivity contribution in [2.24, 2.45) is 0 Å². The number of benzene rings is 1. The second-order valence-corrected chi connectivity index (χ2v) is 5.84. The minimum absolute atomic E-state index is 0.0798. The molecular weight excluding hydrogens is 318 g/mol. The van der Waals surface area contributed by atoms with E-state index in [0.717, 1.165) is 18.5 Å². The van der Waals surface area contributed by atoms with Crippen LogP contribution in [0.25, 0.3) is 5.95 Å². The monoisotopic (exact) mass is 335 g/mol. The van der Waals surface area contributed by atoms with Crippen molar-refractivity contribution < 1.29 is 9.53 Å². The number of carbonyl (C=O) groups is 1. The van der Waals surface area contributed by atoms with Gasteiger partial charge in [0.1, 0.15) is 11.6 Å². The highest BCUT2D eigenvalue weighted by Crippen LogP contribution is 2.40. The van der Waals surface area contributed by atoms with E-state index >= 15 is 0 Å². The number of rotatable bonds is 6. The number of carbonyl (C=O) groups excluding carboxylic acids is 1. The number of anilines is 1. The van der Waals surface area contributed by atoms with Crippen molar-refractivity contribution in [2.75, 3.05) is 11.9 Å².